The van der Waals surface area contributed by atoms with Gasteiger partial charge in [0.05, 0.1) is 23.0 Å². The van der Waals surface area contributed by atoms with Crippen LogP contribution in [-0.2, 0) is 0 Å². The van der Waals surface area contributed by atoms with Crippen LogP contribution in [0.15, 0.2) is 42.5 Å². The Kier molecular flexibility index (Phi) is 3.69. The van der Waals surface area contributed by atoms with E-state index in [-0.39, 0.29) is 5.91 Å². The number of nitrogen functional groups attached to an aromatic ring is 1. The molecule has 0 bridgehead atoms. The molecule has 5 heteroatoms. The number of carbonyl (C=O) groups is 1. The minimum absolute atomic E-state index is 0.328. The Balaban J connectivity index is 2.23. The molecule has 2 aromatic rings. The molecule has 0 spiro atoms. The minimum Gasteiger partial charge on any atom is -0.397 e. The third-order valence-corrected chi connectivity index (χ3v) is 2.75. The van der Waals surface area contributed by atoms with Crippen molar-refractivity contribution in [2.75, 3.05) is 11.1 Å². The van der Waals surface area contributed by atoms with E-state index < -0.39 is 0 Å². The number of nitriles is 1. The molecule has 2 rings (SSSR count). The van der Waals surface area contributed by atoms with Crippen LogP contribution in [0, 0.1) is 11.3 Å². The Hall–Kier alpha value is -2.51. The zero-order valence-corrected chi connectivity index (χ0v) is 10.6. The van der Waals surface area contributed by atoms with E-state index >= 15 is 0 Å². The quantitative estimate of drug-likeness (QED) is 0.824. The molecule has 4 nitrogen and oxygen atoms in total. The monoisotopic (exact) mass is 271 g/mol. The largest absolute Gasteiger partial charge is 0.397 e. The van der Waals surface area contributed by atoms with Crippen molar-refractivity contribution in [3.8, 4) is 6.07 Å². The maximum atomic E-state index is 12.0. The van der Waals surface area contributed by atoms with Gasteiger partial charge in [-0.05, 0) is 36.4 Å². The smallest absolute Gasteiger partial charge is 0.255 e. The molecule has 94 valence electrons. The van der Waals surface area contributed by atoms with Crippen molar-refractivity contribution in [1.82, 2.24) is 0 Å². The molecule has 2 aromatic carbocycles. The lowest BCUT2D eigenvalue weighted by Gasteiger charge is -2.08. The molecule has 0 heterocycles. The Morgan fingerprint density at radius 2 is 2.05 bits per heavy atom. The predicted octanol–water partition coefficient (Wildman–Crippen LogP) is 3.05. The molecule has 0 unspecified atom stereocenters. The highest BCUT2D eigenvalue weighted by molar-refractivity contribution is 6.31. The van der Waals surface area contributed by atoms with E-state index in [0.717, 1.165) is 0 Å². The highest BCUT2D eigenvalue weighted by Gasteiger charge is 2.08. The van der Waals surface area contributed by atoms with Crippen molar-refractivity contribution in [3.05, 3.63) is 58.6 Å². The first-order valence-corrected chi connectivity index (χ1v) is 5.84. The molecule has 1 amide bonds. The van der Waals surface area contributed by atoms with Gasteiger partial charge in [-0.1, -0.05) is 17.7 Å². The number of nitrogens with two attached hydrogens (primary N) is 1. The van der Waals surface area contributed by atoms with Crippen LogP contribution in [0.2, 0.25) is 5.02 Å². The minimum atomic E-state index is -0.328. The molecule has 0 aliphatic heterocycles. The number of benzene rings is 2. The number of rotatable bonds is 2. The van der Waals surface area contributed by atoms with Crippen molar-refractivity contribution in [3.63, 3.8) is 0 Å². The summed E-state index contributed by atoms with van der Waals surface area (Å²) in [5, 5.41) is 12.0. The maximum Gasteiger partial charge on any atom is 0.255 e. The lowest BCUT2D eigenvalue weighted by atomic mass is 10.1. The van der Waals surface area contributed by atoms with Gasteiger partial charge in [0.15, 0.2) is 0 Å². The topological polar surface area (TPSA) is 78.9 Å². The molecule has 0 aliphatic rings. The number of nitrogens with zero attached hydrogens (tertiary/aromatic N) is 1. The van der Waals surface area contributed by atoms with Gasteiger partial charge in [0.1, 0.15) is 0 Å². The highest BCUT2D eigenvalue weighted by Crippen LogP contribution is 2.23. The van der Waals surface area contributed by atoms with Crippen LogP contribution in [0.25, 0.3) is 0 Å². The molecular weight excluding hydrogens is 262 g/mol. The van der Waals surface area contributed by atoms with Gasteiger partial charge in [0, 0.05) is 10.6 Å². The van der Waals surface area contributed by atoms with Crippen molar-refractivity contribution in [1.29, 1.82) is 5.26 Å². The van der Waals surface area contributed by atoms with Crippen LogP contribution >= 0.6 is 11.6 Å². The maximum absolute atomic E-state index is 12.0. The Labute approximate surface area is 115 Å². The van der Waals surface area contributed by atoms with Crippen LogP contribution in [0.3, 0.4) is 0 Å². The Bertz CT molecular complexity index is 677. The third kappa shape index (κ3) is 3.03. The lowest BCUT2D eigenvalue weighted by molar-refractivity contribution is 0.102. The first kappa shape index (κ1) is 12.9. The molecule has 0 saturated heterocycles. The molecule has 0 fully saturated rings. The van der Waals surface area contributed by atoms with Crippen LogP contribution in [0.5, 0.6) is 0 Å². The second-order valence-corrected chi connectivity index (χ2v) is 4.31. The summed E-state index contributed by atoms with van der Waals surface area (Å²) in [5.41, 5.74) is 7.45. The average Bonchev–Trinajstić information content (AvgIpc) is 2.42. The van der Waals surface area contributed by atoms with E-state index in [9.17, 15) is 4.79 Å². The van der Waals surface area contributed by atoms with Crippen molar-refractivity contribution < 1.29 is 4.79 Å². The predicted molar refractivity (Wildman–Crippen MR) is 75.0 cm³/mol. The van der Waals surface area contributed by atoms with Crippen molar-refractivity contribution in [2.24, 2.45) is 0 Å². The fourth-order valence-electron chi connectivity index (χ4n) is 1.57. The summed E-state index contributed by atoms with van der Waals surface area (Å²) in [6.45, 7) is 0. The summed E-state index contributed by atoms with van der Waals surface area (Å²) in [4.78, 5) is 12.0. The summed E-state index contributed by atoms with van der Waals surface area (Å²) in [7, 11) is 0. The molecule has 0 aromatic heterocycles. The van der Waals surface area contributed by atoms with Gasteiger partial charge < -0.3 is 11.1 Å². The van der Waals surface area contributed by atoms with E-state index in [2.05, 4.69) is 5.32 Å². The van der Waals surface area contributed by atoms with Crippen LogP contribution < -0.4 is 11.1 Å². The zero-order valence-electron chi connectivity index (χ0n) is 9.85. The number of hydrogen-bond donors (Lipinski definition) is 2. The van der Waals surface area contributed by atoms with Gasteiger partial charge in [-0.3, -0.25) is 4.79 Å². The van der Waals surface area contributed by atoms with Gasteiger partial charge in [0.25, 0.3) is 5.91 Å². The summed E-state index contributed by atoms with van der Waals surface area (Å²) in [6.07, 6.45) is 0. The number of halogens is 1. The van der Waals surface area contributed by atoms with Crippen LogP contribution in [0.4, 0.5) is 11.4 Å². The van der Waals surface area contributed by atoms with Crippen molar-refractivity contribution >= 4 is 28.9 Å². The van der Waals surface area contributed by atoms with Crippen molar-refractivity contribution in [2.45, 2.75) is 0 Å². The molecule has 0 saturated carbocycles. The third-order valence-electron chi connectivity index (χ3n) is 2.52. The molecular formula is C14H10ClN3O. The van der Waals surface area contributed by atoms with E-state index in [1.807, 2.05) is 6.07 Å². The number of carbonyl (C=O) groups excluding carboxylic acids is 1. The van der Waals surface area contributed by atoms with Crippen LogP contribution in [0.1, 0.15) is 15.9 Å². The molecule has 19 heavy (non-hydrogen) atoms. The molecule has 0 radical (unpaired) electrons. The first-order valence-electron chi connectivity index (χ1n) is 5.46. The second kappa shape index (κ2) is 5.42. The number of anilines is 2. The summed E-state index contributed by atoms with van der Waals surface area (Å²) < 4.78 is 0. The number of amides is 1. The standard InChI is InChI=1S/C14H10ClN3O/c15-11-4-5-13(12(17)7-11)18-14(19)10-3-1-2-9(6-10)8-16/h1-7H,17H2,(H,18,19). The fourth-order valence-corrected chi connectivity index (χ4v) is 1.75. The number of nitrogens with one attached hydrogen (secondary N) is 1. The van der Waals surface area contributed by atoms with Gasteiger partial charge in [-0.2, -0.15) is 5.26 Å². The molecule has 0 aliphatic carbocycles. The van der Waals surface area contributed by atoms with E-state index in [1.54, 1.807) is 36.4 Å². The number of hydrogen-bond acceptors (Lipinski definition) is 3. The average molecular weight is 272 g/mol. The molecule has 0 atom stereocenters. The van der Waals surface area contributed by atoms with Gasteiger partial charge in [-0.15, -0.1) is 0 Å². The summed E-state index contributed by atoms with van der Waals surface area (Å²) in [6, 6.07) is 13.2. The Morgan fingerprint density at radius 3 is 2.74 bits per heavy atom. The normalized spacial score (nSPS) is 9.68. The summed E-state index contributed by atoms with van der Waals surface area (Å²) in [5.74, 6) is -0.328. The summed E-state index contributed by atoms with van der Waals surface area (Å²) >= 11 is 5.78. The zero-order chi connectivity index (χ0) is 13.8. The first-order chi connectivity index (χ1) is 9.10. The lowest BCUT2D eigenvalue weighted by Crippen LogP contribution is -2.13. The second-order valence-electron chi connectivity index (χ2n) is 3.88. The molecule has 3 N–H and O–H groups in total. The van der Waals surface area contributed by atoms with Gasteiger partial charge in [0.2, 0.25) is 0 Å². The van der Waals surface area contributed by atoms with Gasteiger partial charge >= 0.3 is 0 Å². The highest BCUT2D eigenvalue weighted by atomic mass is 35.5. The SMILES string of the molecule is N#Cc1cccc(C(=O)Nc2ccc(Cl)cc2N)c1. The Morgan fingerprint density at radius 1 is 1.26 bits per heavy atom. The van der Waals surface area contributed by atoms with Gasteiger partial charge in [-0.25, -0.2) is 0 Å². The van der Waals surface area contributed by atoms with E-state index in [4.69, 9.17) is 22.6 Å². The van der Waals surface area contributed by atoms with E-state index in [0.29, 0.717) is 27.5 Å². The fraction of sp³-hybridized carbons (Fsp3) is 0. The van der Waals surface area contributed by atoms with E-state index in [1.165, 1.54) is 6.07 Å². The van der Waals surface area contributed by atoms with Crippen LogP contribution in [-0.4, -0.2) is 5.91 Å².